The summed E-state index contributed by atoms with van der Waals surface area (Å²) in [4.78, 5) is 16.5. The van der Waals surface area contributed by atoms with E-state index in [0.29, 0.717) is 0 Å². The fourth-order valence-corrected chi connectivity index (χ4v) is 3.39. The van der Waals surface area contributed by atoms with Crippen LogP contribution in [0.4, 0.5) is 5.69 Å². The van der Waals surface area contributed by atoms with Crippen LogP contribution in [0.3, 0.4) is 0 Å². The fraction of sp³-hybridized carbons (Fsp3) is 0.545. The Balaban J connectivity index is 2.00. The largest absolute Gasteiger partial charge is 0.329 e. The molecular formula is C22H32N6O. The highest BCUT2D eigenvalue weighted by Crippen LogP contribution is 2.36. The van der Waals surface area contributed by atoms with Crippen molar-refractivity contribution in [1.29, 1.82) is 0 Å². The Kier molecular flexibility index (Phi) is 5.28. The van der Waals surface area contributed by atoms with Crippen LogP contribution in [-0.2, 0) is 16.8 Å². The lowest BCUT2D eigenvalue weighted by Gasteiger charge is -2.21. The van der Waals surface area contributed by atoms with Gasteiger partial charge in [-0.15, -0.1) is 9.73 Å². The van der Waals surface area contributed by atoms with E-state index < -0.39 is 5.41 Å². The standard InChI is InChI=1S/C22H32N6O/c1-9-27-18(14-10-12-15(13-11-14)24-20(29)22(5,6)7)26-28-19(27)16(23-8)17(25-28)21(2,3)4/h10,12H,8-9,11,13H2,1-7H3,(H,24,29). The Bertz CT molecular complexity index is 1020. The number of aliphatic imine (C=N–C) groups is 1. The molecule has 1 aliphatic carbocycles. The van der Waals surface area contributed by atoms with Gasteiger partial charge in [-0.1, -0.05) is 47.6 Å². The second kappa shape index (κ2) is 7.28. The van der Waals surface area contributed by atoms with E-state index >= 15 is 0 Å². The Hall–Kier alpha value is -2.70. The Morgan fingerprint density at radius 2 is 1.86 bits per heavy atom. The molecule has 0 unspecified atom stereocenters. The van der Waals surface area contributed by atoms with Crippen LogP contribution in [-0.4, -0.2) is 32.0 Å². The SMILES string of the molecule is C=Nc1c(C(C)(C)C)nn2nc(C3=CC=C(NC(=O)C(C)(C)C)CC3)n(CC)c12. The summed E-state index contributed by atoms with van der Waals surface area (Å²) in [5.74, 6) is 0.920. The molecule has 3 rings (SSSR count). The van der Waals surface area contributed by atoms with Gasteiger partial charge in [0.2, 0.25) is 5.91 Å². The van der Waals surface area contributed by atoms with E-state index in [1.807, 2.05) is 32.9 Å². The minimum absolute atomic E-state index is 0.0329. The van der Waals surface area contributed by atoms with Gasteiger partial charge >= 0.3 is 0 Å². The number of carbonyl (C=O) groups excluding carboxylic acids is 1. The highest BCUT2D eigenvalue weighted by molar-refractivity contribution is 5.83. The molecule has 1 N–H and O–H groups in total. The molecule has 0 fully saturated rings. The summed E-state index contributed by atoms with van der Waals surface area (Å²) in [6.45, 7) is 18.7. The van der Waals surface area contributed by atoms with Gasteiger partial charge in [-0.05, 0) is 38.1 Å². The van der Waals surface area contributed by atoms with Gasteiger partial charge in [-0.25, -0.2) is 0 Å². The van der Waals surface area contributed by atoms with Gasteiger partial charge in [-0.2, -0.15) is 5.10 Å². The van der Waals surface area contributed by atoms with Gasteiger partial charge in [0.25, 0.3) is 0 Å². The number of hydrogen-bond donors (Lipinski definition) is 1. The summed E-state index contributed by atoms with van der Waals surface area (Å²) in [7, 11) is 0. The first-order valence-corrected chi connectivity index (χ1v) is 10.2. The zero-order valence-electron chi connectivity index (χ0n) is 18.6. The highest BCUT2D eigenvalue weighted by Gasteiger charge is 2.28. The lowest BCUT2D eigenvalue weighted by atomic mass is 9.91. The molecule has 1 aliphatic rings. The van der Waals surface area contributed by atoms with Gasteiger partial charge in [-0.3, -0.25) is 9.79 Å². The van der Waals surface area contributed by atoms with Crippen LogP contribution in [0, 0.1) is 5.41 Å². The van der Waals surface area contributed by atoms with Gasteiger partial charge < -0.3 is 9.88 Å². The highest BCUT2D eigenvalue weighted by atomic mass is 16.2. The fourth-order valence-electron chi connectivity index (χ4n) is 3.39. The van der Waals surface area contributed by atoms with Crippen LogP contribution in [0.25, 0.3) is 11.2 Å². The van der Waals surface area contributed by atoms with Crippen molar-refractivity contribution >= 4 is 29.5 Å². The molecular weight excluding hydrogens is 364 g/mol. The molecule has 2 aromatic rings. The predicted molar refractivity (Wildman–Crippen MR) is 117 cm³/mol. The topological polar surface area (TPSA) is 76.6 Å². The summed E-state index contributed by atoms with van der Waals surface area (Å²) in [5, 5.41) is 12.5. The average molecular weight is 397 g/mol. The molecule has 0 radical (unpaired) electrons. The number of aromatic nitrogens is 4. The normalized spacial score (nSPS) is 15.3. The molecule has 156 valence electrons. The van der Waals surface area contributed by atoms with Crippen molar-refractivity contribution in [2.75, 3.05) is 0 Å². The summed E-state index contributed by atoms with van der Waals surface area (Å²) in [6, 6.07) is 0. The van der Waals surface area contributed by atoms with E-state index in [2.05, 4.69) is 49.3 Å². The van der Waals surface area contributed by atoms with Crippen molar-refractivity contribution in [2.45, 2.75) is 73.3 Å². The van der Waals surface area contributed by atoms with Crippen molar-refractivity contribution in [2.24, 2.45) is 10.4 Å². The number of amides is 1. The van der Waals surface area contributed by atoms with Crippen molar-refractivity contribution in [3.63, 3.8) is 0 Å². The summed E-state index contributed by atoms with van der Waals surface area (Å²) in [5.41, 5.74) is 4.08. The maximum Gasteiger partial charge on any atom is 0.229 e. The molecule has 0 aliphatic heterocycles. The second-order valence-electron chi connectivity index (χ2n) is 9.57. The van der Waals surface area contributed by atoms with Gasteiger partial charge in [0, 0.05) is 23.1 Å². The third kappa shape index (κ3) is 3.91. The second-order valence-corrected chi connectivity index (χ2v) is 9.57. The average Bonchev–Trinajstić information content (AvgIpc) is 3.16. The molecule has 0 aromatic carbocycles. The van der Waals surface area contributed by atoms with Crippen LogP contribution < -0.4 is 5.32 Å². The molecule has 0 saturated carbocycles. The van der Waals surface area contributed by atoms with Gasteiger partial charge in [0.15, 0.2) is 11.5 Å². The number of carbonyl (C=O) groups is 1. The van der Waals surface area contributed by atoms with Crippen LogP contribution in [0.1, 0.15) is 72.8 Å². The first kappa shape index (κ1) is 21.0. The Labute approximate surface area is 172 Å². The minimum atomic E-state index is -0.409. The molecule has 0 saturated heterocycles. The Morgan fingerprint density at radius 1 is 1.17 bits per heavy atom. The van der Waals surface area contributed by atoms with Crippen molar-refractivity contribution in [3.05, 3.63) is 29.4 Å². The number of nitrogens with zero attached hydrogens (tertiary/aromatic N) is 5. The van der Waals surface area contributed by atoms with Crippen molar-refractivity contribution < 1.29 is 4.79 Å². The van der Waals surface area contributed by atoms with Crippen LogP contribution in [0.5, 0.6) is 0 Å². The maximum absolute atomic E-state index is 12.2. The quantitative estimate of drug-likeness (QED) is 0.778. The number of hydrogen-bond acceptors (Lipinski definition) is 4. The van der Waals surface area contributed by atoms with E-state index in [-0.39, 0.29) is 11.3 Å². The van der Waals surface area contributed by atoms with Gasteiger partial charge in [0.1, 0.15) is 5.69 Å². The number of fused-ring (bicyclic) bond motifs is 1. The Morgan fingerprint density at radius 3 is 2.34 bits per heavy atom. The predicted octanol–water partition coefficient (Wildman–Crippen LogP) is 4.40. The monoisotopic (exact) mass is 396 g/mol. The summed E-state index contributed by atoms with van der Waals surface area (Å²) >= 11 is 0. The molecule has 0 bridgehead atoms. The lowest BCUT2D eigenvalue weighted by molar-refractivity contribution is -0.127. The maximum atomic E-state index is 12.2. The number of nitrogens with one attached hydrogen (secondary N) is 1. The lowest BCUT2D eigenvalue weighted by Crippen LogP contribution is -2.34. The van der Waals surface area contributed by atoms with E-state index in [1.54, 1.807) is 4.63 Å². The molecule has 0 atom stereocenters. The zero-order chi connectivity index (χ0) is 21.6. The number of rotatable bonds is 4. The third-order valence-electron chi connectivity index (χ3n) is 5.10. The van der Waals surface area contributed by atoms with E-state index in [4.69, 9.17) is 10.2 Å². The summed E-state index contributed by atoms with van der Waals surface area (Å²) < 4.78 is 3.83. The summed E-state index contributed by atoms with van der Waals surface area (Å²) in [6.07, 6.45) is 5.60. The van der Waals surface area contributed by atoms with Crippen LogP contribution in [0.2, 0.25) is 0 Å². The molecule has 0 spiro atoms. The molecule has 2 heterocycles. The molecule has 29 heavy (non-hydrogen) atoms. The smallest absolute Gasteiger partial charge is 0.229 e. The molecule has 2 aromatic heterocycles. The zero-order valence-corrected chi connectivity index (χ0v) is 18.6. The van der Waals surface area contributed by atoms with Crippen molar-refractivity contribution in [1.82, 2.24) is 24.7 Å². The van der Waals surface area contributed by atoms with E-state index in [9.17, 15) is 4.79 Å². The number of aryl methyl sites for hydroxylation is 1. The van der Waals surface area contributed by atoms with E-state index in [0.717, 1.165) is 53.5 Å². The van der Waals surface area contributed by atoms with Gasteiger partial charge in [0.05, 0.1) is 5.69 Å². The van der Waals surface area contributed by atoms with Crippen LogP contribution >= 0.6 is 0 Å². The first-order chi connectivity index (χ1) is 13.5. The van der Waals surface area contributed by atoms with Crippen LogP contribution in [0.15, 0.2) is 22.8 Å². The third-order valence-corrected chi connectivity index (χ3v) is 5.10. The molecule has 1 amide bonds. The first-order valence-electron chi connectivity index (χ1n) is 10.2. The number of allylic oxidation sites excluding steroid dienone is 4. The molecule has 7 heteroatoms. The minimum Gasteiger partial charge on any atom is -0.329 e. The van der Waals surface area contributed by atoms with Crippen molar-refractivity contribution in [3.8, 4) is 0 Å². The van der Waals surface area contributed by atoms with E-state index in [1.165, 1.54) is 0 Å². The molecule has 7 nitrogen and oxygen atoms in total.